The average Bonchev–Trinajstić information content (AvgIpc) is 2.43. The van der Waals surface area contributed by atoms with Gasteiger partial charge in [-0.3, -0.25) is 0 Å². The molecule has 3 rings (SSSR count). The predicted octanol–water partition coefficient (Wildman–Crippen LogP) is 2.22. The Kier molecular flexibility index (Phi) is 3.69. The summed E-state index contributed by atoms with van der Waals surface area (Å²) in [5.74, 6) is 0.638. The van der Waals surface area contributed by atoms with Gasteiger partial charge in [0.05, 0.1) is 6.61 Å². The maximum absolute atomic E-state index is 11.4. The van der Waals surface area contributed by atoms with Crippen LogP contribution in [0.25, 0.3) is 11.0 Å². The minimum Gasteiger partial charge on any atom is -0.462 e. The van der Waals surface area contributed by atoms with E-state index in [4.69, 9.17) is 13.9 Å². The molecule has 5 heteroatoms. The number of aliphatic hydroxyl groups excluding tert-OH is 1. The van der Waals surface area contributed by atoms with Gasteiger partial charge in [-0.25, -0.2) is 4.79 Å². The van der Waals surface area contributed by atoms with Gasteiger partial charge in [-0.2, -0.15) is 0 Å². The van der Waals surface area contributed by atoms with Crippen molar-refractivity contribution < 1.29 is 19.0 Å². The normalized spacial score (nSPS) is 26.0. The van der Waals surface area contributed by atoms with Crippen molar-refractivity contribution in [3.8, 4) is 5.75 Å². The van der Waals surface area contributed by atoms with E-state index in [0.717, 1.165) is 17.4 Å². The van der Waals surface area contributed by atoms with Crippen molar-refractivity contribution in [2.24, 2.45) is 5.92 Å². The minimum absolute atomic E-state index is 0.129. The summed E-state index contributed by atoms with van der Waals surface area (Å²) in [6, 6.07) is 6.73. The van der Waals surface area contributed by atoms with Gasteiger partial charge in [-0.15, -0.1) is 0 Å². The second-order valence-corrected chi connectivity index (χ2v) is 5.52. The average molecular weight is 290 g/mol. The van der Waals surface area contributed by atoms with Crippen molar-refractivity contribution in [1.29, 1.82) is 0 Å². The maximum atomic E-state index is 11.4. The van der Waals surface area contributed by atoms with E-state index in [0.29, 0.717) is 17.9 Å². The Morgan fingerprint density at radius 1 is 1.33 bits per heavy atom. The minimum atomic E-state index is -0.692. The quantitative estimate of drug-likeness (QED) is 0.859. The van der Waals surface area contributed by atoms with Gasteiger partial charge in [0.15, 0.2) is 0 Å². The van der Waals surface area contributed by atoms with E-state index < -0.39 is 12.4 Å². The van der Waals surface area contributed by atoms with Gasteiger partial charge in [-0.1, -0.05) is 6.92 Å². The lowest BCUT2D eigenvalue weighted by Gasteiger charge is -2.32. The van der Waals surface area contributed by atoms with Crippen LogP contribution in [0.3, 0.4) is 0 Å². The van der Waals surface area contributed by atoms with Crippen molar-refractivity contribution >= 4 is 11.0 Å². The number of fused-ring (bicyclic) bond motifs is 1. The van der Waals surface area contributed by atoms with Gasteiger partial charge < -0.3 is 19.0 Å². The number of hydrogen-bond donors (Lipinski definition) is 1. The topological polar surface area (TPSA) is 68.9 Å². The molecule has 3 atom stereocenters. The molecule has 1 aliphatic rings. The molecule has 2 heterocycles. The highest BCUT2D eigenvalue weighted by atomic mass is 16.7. The molecule has 0 amide bonds. The second kappa shape index (κ2) is 5.50. The van der Waals surface area contributed by atoms with Crippen molar-refractivity contribution in [1.82, 2.24) is 0 Å². The molecule has 1 aromatic carbocycles. The number of ether oxygens (including phenoxy) is 2. The summed E-state index contributed by atoms with van der Waals surface area (Å²) < 4.78 is 16.3. The number of hydrogen-bond acceptors (Lipinski definition) is 5. The molecule has 0 spiro atoms. The van der Waals surface area contributed by atoms with Crippen LogP contribution >= 0.6 is 0 Å². The number of benzene rings is 1. The second-order valence-electron chi connectivity index (χ2n) is 5.52. The van der Waals surface area contributed by atoms with Crippen LogP contribution in [0.2, 0.25) is 0 Å². The van der Waals surface area contributed by atoms with Crippen molar-refractivity contribution in [3.05, 3.63) is 40.2 Å². The summed E-state index contributed by atoms with van der Waals surface area (Å²) in [5, 5.41) is 10.9. The summed E-state index contributed by atoms with van der Waals surface area (Å²) in [4.78, 5) is 11.4. The highest BCUT2D eigenvalue weighted by Crippen LogP contribution is 2.26. The van der Waals surface area contributed by atoms with Crippen molar-refractivity contribution in [2.75, 3.05) is 6.61 Å². The Labute approximate surface area is 122 Å². The molecule has 1 saturated heterocycles. The van der Waals surface area contributed by atoms with Crippen LogP contribution in [0.5, 0.6) is 5.75 Å². The SMILES string of the molecule is Cc1cc(=O)oc2cc(O[C@@H]3OCC[C@H](C)[C@H]3O)ccc12. The van der Waals surface area contributed by atoms with E-state index in [2.05, 4.69) is 0 Å². The summed E-state index contributed by atoms with van der Waals surface area (Å²) in [6.07, 6.45) is -0.547. The highest BCUT2D eigenvalue weighted by Gasteiger charge is 2.31. The third-order valence-electron chi connectivity index (χ3n) is 3.89. The molecule has 0 radical (unpaired) electrons. The predicted molar refractivity (Wildman–Crippen MR) is 77.4 cm³/mol. The van der Waals surface area contributed by atoms with Gasteiger partial charge in [0.2, 0.25) is 6.29 Å². The molecule has 0 aliphatic carbocycles. The fourth-order valence-electron chi connectivity index (χ4n) is 2.52. The lowest BCUT2D eigenvalue weighted by molar-refractivity contribution is -0.188. The fourth-order valence-corrected chi connectivity index (χ4v) is 2.52. The van der Waals surface area contributed by atoms with E-state index in [1.807, 2.05) is 19.9 Å². The van der Waals surface area contributed by atoms with Crippen LogP contribution in [-0.2, 0) is 4.74 Å². The third-order valence-corrected chi connectivity index (χ3v) is 3.89. The molecule has 0 bridgehead atoms. The van der Waals surface area contributed by atoms with Gasteiger partial charge >= 0.3 is 5.63 Å². The van der Waals surface area contributed by atoms with Gasteiger partial charge in [0.1, 0.15) is 17.4 Å². The van der Waals surface area contributed by atoms with Gasteiger partial charge in [-0.05, 0) is 37.0 Å². The Bertz CT molecular complexity index is 705. The van der Waals surface area contributed by atoms with Gasteiger partial charge in [0.25, 0.3) is 0 Å². The summed E-state index contributed by atoms with van der Waals surface area (Å²) in [7, 11) is 0. The molecule has 1 N–H and O–H groups in total. The molecule has 1 fully saturated rings. The molecule has 2 aromatic rings. The molecule has 5 nitrogen and oxygen atoms in total. The van der Waals surface area contributed by atoms with Crippen LogP contribution in [0.1, 0.15) is 18.9 Å². The fraction of sp³-hybridized carbons (Fsp3) is 0.438. The lowest BCUT2D eigenvalue weighted by atomic mass is 9.99. The molecule has 1 aromatic heterocycles. The molecule has 0 unspecified atom stereocenters. The standard InChI is InChI=1S/C16H18O5/c1-9-5-6-19-16(15(9)18)20-11-3-4-12-10(2)7-14(17)21-13(12)8-11/h3-4,7-9,15-16,18H,5-6H2,1-2H3/t9-,15+,16-/m0/s1. The summed E-state index contributed by atoms with van der Waals surface area (Å²) >= 11 is 0. The Hall–Kier alpha value is -1.85. The first-order chi connectivity index (χ1) is 10.0. The smallest absolute Gasteiger partial charge is 0.336 e. The zero-order valence-corrected chi connectivity index (χ0v) is 12.0. The maximum Gasteiger partial charge on any atom is 0.336 e. The van der Waals surface area contributed by atoms with Crippen LogP contribution in [0.15, 0.2) is 33.5 Å². The third kappa shape index (κ3) is 2.80. The first kappa shape index (κ1) is 14.1. The Morgan fingerprint density at radius 3 is 2.95 bits per heavy atom. The molecule has 112 valence electrons. The first-order valence-corrected chi connectivity index (χ1v) is 7.05. The molecule has 1 aliphatic heterocycles. The first-order valence-electron chi connectivity index (χ1n) is 7.05. The van der Waals surface area contributed by atoms with E-state index >= 15 is 0 Å². The number of aliphatic hydroxyl groups is 1. The van der Waals surface area contributed by atoms with Gasteiger partial charge in [0, 0.05) is 17.5 Å². The number of rotatable bonds is 2. The number of aryl methyl sites for hydroxylation is 1. The Morgan fingerprint density at radius 2 is 2.14 bits per heavy atom. The zero-order chi connectivity index (χ0) is 15.0. The highest BCUT2D eigenvalue weighted by molar-refractivity contribution is 5.81. The Balaban J connectivity index is 1.89. The van der Waals surface area contributed by atoms with E-state index in [9.17, 15) is 9.90 Å². The zero-order valence-electron chi connectivity index (χ0n) is 12.0. The van der Waals surface area contributed by atoms with Crippen LogP contribution in [0, 0.1) is 12.8 Å². The van der Waals surface area contributed by atoms with E-state index in [1.54, 1.807) is 12.1 Å². The van der Waals surface area contributed by atoms with E-state index in [1.165, 1.54) is 6.07 Å². The summed E-state index contributed by atoms with van der Waals surface area (Å²) in [6.45, 7) is 4.38. The van der Waals surface area contributed by atoms with Crippen LogP contribution in [0.4, 0.5) is 0 Å². The van der Waals surface area contributed by atoms with Crippen molar-refractivity contribution in [3.63, 3.8) is 0 Å². The van der Waals surface area contributed by atoms with Crippen LogP contribution < -0.4 is 10.4 Å². The molecular weight excluding hydrogens is 272 g/mol. The van der Waals surface area contributed by atoms with E-state index in [-0.39, 0.29) is 11.5 Å². The van der Waals surface area contributed by atoms with Crippen LogP contribution in [-0.4, -0.2) is 24.1 Å². The van der Waals surface area contributed by atoms with Crippen molar-refractivity contribution in [2.45, 2.75) is 32.7 Å². The largest absolute Gasteiger partial charge is 0.462 e. The molecular formula is C16H18O5. The molecule has 21 heavy (non-hydrogen) atoms. The lowest BCUT2D eigenvalue weighted by Crippen LogP contribution is -2.43. The molecule has 0 saturated carbocycles. The summed E-state index contributed by atoms with van der Waals surface area (Å²) in [5.41, 5.74) is 0.936. The monoisotopic (exact) mass is 290 g/mol.